The number of nitrogens with zero attached hydrogens (tertiary/aromatic N) is 1. The molecule has 7 nitrogen and oxygen atoms in total. The molecule has 19 heavy (non-hydrogen) atoms. The lowest BCUT2D eigenvalue weighted by molar-refractivity contribution is -0.384. The third-order valence-electron chi connectivity index (χ3n) is 3.01. The smallest absolute Gasteiger partial charge is 0.319 e. The molecule has 1 saturated heterocycles. The number of nitro groups is 1. The normalized spacial score (nSPS) is 18.0. The molecule has 0 spiro atoms. The van der Waals surface area contributed by atoms with Crippen LogP contribution < -0.4 is 16.0 Å². The third kappa shape index (κ3) is 3.92. The summed E-state index contributed by atoms with van der Waals surface area (Å²) >= 11 is 0. The number of rotatable bonds is 4. The molecule has 7 heteroatoms. The molecule has 1 atom stereocenters. The molecule has 0 saturated carbocycles. The second kappa shape index (κ2) is 6.14. The number of non-ortho nitro benzene ring substituents is 1. The highest BCUT2D eigenvalue weighted by atomic mass is 16.6. The molecule has 102 valence electrons. The Kier molecular flexibility index (Phi) is 4.30. The van der Waals surface area contributed by atoms with Crippen LogP contribution in [0.15, 0.2) is 24.3 Å². The molecule has 1 aromatic rings. The van der Waals surface area contributed by atoms with Crippen molar-refractivity contribution >= 4 is 17.4 Å². The maximum atomic E-state index is 11.6. The lowest BCUT2D eigenvalue weighted by Gasteiger charge is -2.12. The molecular formula is C12H16N4O3. The zero-order valence-electron chi connectivity index (χ0n) is 10.4. The molecule has 2 amide bonds. The van der Waals surface area contributed by atoms with Crippen molar-refractivity contribution in [2.75, 3.05) is 18.4 Å². The highest BCUT2D eigenvalue weighted by Gasteiger charge is 2.14. The number of hydrogen-bond acceptors (Lipinski definition) is 4. The van der Waals surface area contributed by atoms with Gasteiger partial charge in [-0.3, -0.25) is 10.1 Å². The van der Waals surface area contributed by atoms with Gasteiger partial charge in [-0.25, -0.2) is 4.79 Å². The van der Waals surface area contributed by atoms with Crippen LogP contribution in [0.2, 0.25) is 0 Å². The van der Waals surface area contributed by atoms with Crippen LogP contribution in [-0.2, 0) is 0 Å². The van der Waals surface area contributed by atoms with Gasteiger partial charge in [-0.05, 0) is 31.5 Å². The molecule has 2 rings (SSSR count). The van der Waals surface area contributed by atoms with Gasteiger partial charge in [0.25, 0.3) is 5.69 Å². The van der Waals surface area contributed by atoms with Crippen LogP contribution in [0.5, 0.6) is 0 Å². The Hall–Kier alpha value is -2.15. The van der Waals surface area contributed by atoms with E-state index in [1.165, 1.54) is 24.3 Å². The van der Waals surface area contributed by atoms with Gasteiger partial charge >= 0.3 is 6.03 Å². The van der Waals surface area contributed by atoms with Crippen LogP contribution in [0, 0.1) is 10.1 Å². The number of carbonyl (C=O) groups is 1. The first-order valence-electron chi connectivity index (χ1n) is 6.18. The highest BCUT2D eigenvalue weighted by Crippen LogP contribution is 2.15. The lowest BCUT2D eigenvalue weighted by atomic mass is 10.2. The Morgan fingerprint density at radius 2 is 2.16 bits per heavy atom. The molecule has 1 unspecified atom stereocenters. The first-order chi connectivity index (χ1) is 9.15. The number of carbonyl (C=O) groups excluding carboxylic acids is 1. The predicted molar refractivity (Wildman–Crippen MR) is 71.1 cm³/mol. The lowest BCUT2D eigenvalue weighted by Crippen LogP contribution is -2.39. The summed E-state index contributed by atoms with van der Waals surface area (Å²) < 4.78 is 0. The fourth-order valence-electron chi connectivity index (χ4n) is 1.99. The van der Waals surface area contributed by atoms with Crippen molar-refractivity contribution in [3.63, 3.8) is 0 Å². The van der Waals surface area contributed by atoms with E-state index in [1.54, 1.807) is 0 Å². The van der Waals surface area contributed by atoms with Crippen molar-refractivity contribution in [1.29, 1.82) is 0 Å². The van der Waals surface area contributed by atoms with E-state index >= 15 is 0 Å². The topological polar surface area (TPSA) is 96.3 Å². The molecule has 1 heterocycles. The van der Waals surface area contributed by atoms with Crippen LogP contribution in [0.1, 0.15) is 12.8 Å². The molecule has 1 aliphatic rings. The van der Waals surface area contributed by atoms with Crippen LogP contribution in [0.25, 0.3) is 0 Å². The fraction of sp³-hybridized carbons (Fsp3) is 0.417. The van der Waals surface area contributed by atoms with Gasteiger partial charge in [0.2, 0.25) is 0 Å². The predicted octanol–water partition coefficient (Wildman–Crippen LogP) is 1.47. The van der Waals surface area contributed by atoms with Crippen LogP contribution in [-0.4, -0.2) is 30.1 Å². The zero-order chi connectivity index (χ0) is 13.7. The maximum Gasteiger partial charge on any atom is 0.319 e. The number of urea groups is 1. The SMILES string of the molecule is O=C(NCC1CCCN1)Nc1ccc([N+](=O)[O-])cc1. The largest absolute Gasteiger partial charge is 0.336 e. The highest BCUT2D eigenvalue weighted by molar-refractivity contribution is 5.89. The van der Waals surface area contributed by atoms with E-state index in [9.17, 15) is 14.9 Å². The van der Waals surface area contributed by atoms with Crippen molar-refractivity contribution in [1.82, 2.24) is 10.6 Å². The summed E-state index contributed by atoms with van der Waals surface area (Å²) in [6, 6.07) is 5.75. The van der Waals surface area contributed by atoms with Crippen molar-refractivity contribution in [3.05, 3.63) is 34.4 Å². The first-order valence-corrected chi connectivity index (χ1v) is 6.18. The Balaban J connectivity index is 1.79. The number of hydrogen-bond donors (Lipinski definition) is 3. The van der Waals surface area contributed by atoms with E-state index in [2.05, 4.69) is 16.0 Å². The average molecular weight is 264 g/mol. The molecule has 0 aliphatic carbocycles. The minimum Gasteiger partial charge on any atom is -0.336 e. The van der Waals surface area contributed by atoms with Crippen molar-refractivity contribution in [3.8, 4) is 0 Å². The van der Waals surface area contributed by atoms with E-state index < -0.39 is 4.92 Å². The van der Waals surface area contributed by atoms with Gasteiger partial charge in [-0.2, -0.15) is 0 Å². The van der Waals surface area contributed by atoms with Crippen molar-refractivity contribution < 1.29 is 9.72 Å². The minimum absolute atomic E-state index is 0.00103. The molecular weight excluding hydrogens is 248 g/mol. The quantitative estimate of drug-likeness (QED) is 0.566. The summed E-state index contributed by atoms with van der Waals surface area (Å²) in [5, 5.41) is 19.2. The summed E-state index contributed by atoms with van der Waals surface area (Å²) in [5.74, 6) is 0. The Morgan fingerprint density at radius 3 is 2.74 bits per heavy atom. The van der Waals surface area contributed by atoms with E-state index in [1.807, 2.05) is 0 Å². The van der Waals surface area contributed by atoms with Gasteiger partial charge in [0, 0.05) is 30.4 Å². The molecule has 0 bridgehead atoms. The second-order valence-electron chi connectivity index (χ2n) is 4.43. The second-order valence-corrected chi connectivity index (χ2v) is 4.43. The molecule has 1 aromatic carbocycles. The molecule has 0 radical (unpaired) electrons. The van der Waals surface area contributed by atoms with E-state index in [-0.39, 0.29) is 11.7 Å². The van der Waals surface area contributed by atoms with Gasteiger partial charge in [0.1, 0.15) is 0 Å². The standard InChI is InChI=1S/C12H16N4O3/c17-12(14-8-10-2-1-7-13-10)15-9-3-5-11(6-4-9)16(18)19/h3-6,10,13H,1-2,7-8H2,(H2,14,15,17). The summed E-state index contributed by atoms with van der Waals surface area (Å²) in [6.45, 7) is 1.58. The Bertz CT molecular complexity index is 455. The van der Waals surface area contributed by atoms with Gasteiger partial charge in [0.15, 0.2) is 0 Å². The van der Waals surface area contributed by atoms with Crippen LogP contribution in [0.3, 0.4) is 0 Å². The van der Waals surface area contributed by atoms with E-state index in [4.69, 9.17) is 0 Å². The molecule has 0 aromatic heterocycles. The summed E-state index contributed by atoms with van der Waals surface area (Å²) in [7, 11) is 0. The van der Waals surface area contributed by atoms with Crippen molar-refractivity contribution in [2.24, 2.45) is 0 Å². The van der Waals surface area contributed by atoms with Gasteiger partial charge in [0.05, 0.1) is 4.92 Å². The third-order valence-corrected chi connectivity index (χ3v) is 3.01. The summed E-state index contributed by atoms with van der Waals surface area (Å²) in [4.78, 5) is 21.6. The Morgan fingerprint density at radius 1 is 1.42 bits per heavy atom. The van der Waals surface area contributed by atoms with Crippen molar-refractivity contribution in [2.45, 2.75) is 18.9 Å². The number of nitrogens with one attached hydrogen (secondary N) is 3. The fourth-order valence-corrected chi connectivity index (χ4v) is 1.99. The number of anilines is 1. The van der Waals surface area contributed by atoms with Gasteiger partial charge < -0.3 is 16.0 Å². The van der Waals surface area contributed by atoms with E-state index in [0.29, 0.717) is 18.3 Å². The molecule has 1 fully saturated rings. The summed E-state index contributed by atoms with van der Waals surface area (Å²) in [5.41, 5.74) is 0.531. The minimum atomic E-state index is -0.477. The average Bonchev–Trinajstić information content (AvgIpc) is 2.90. The summed E-state index contributed by atoms with van der Waals surface area (Å²) in [6.07, 6.45) is 2.20. The first kappa shape index (κ1) is 13.3. The number of benzene rings is 1. The van der Waals surface area contributed by atoms with Gasteiger partial charge in [-0.1, -0.05) is 0 Å². The maximum absolute atomic E-state index is 11.6. The monoisotopic (exact) mass is 264 g/mol. The number of amides is 2. The Labute approximate surface area is 110 Å². The number of nitro benzene ring substituents is 1. The van der Waals surface area contributed by atoms with Crippen LogP contribution >= 0.6 is 0 Å². The van der Waals surface area contributed by atoms with Crippen LogP contribution in [0.4, 0.5) is 16.2 Å². The van der Waals surface area contributed by atoms with E-state index in [0.717, 1.165) is 19.4 Å². The molecule has 1 aliphatic heterocycles. The molecule has 3 N–H and O–H groups in total. The zero-order valence-corrected chi connectivity index (χ0v) is 10.4. The van der Waals surface area contributed by atoms with Gasteiger partial charge in [-0.15, -0.1) is 0 Å².